The topological polar surface area (TPSA) is 58.2 Å². The smallest absolute Gasteiger partial charge is 0.248 e. The summed E-state index contributed by atoms with van der Waals surface area (Å²) in [5, 5.41) is 9.56. The van der Waals surface area contributed by atoms with Gasteiger partial charge in [-0.3, -0.25) is 9.59 Å². The third-order valence-corrected chi connectivity index (χ3v) is 5.25. The summed E-state index contributed by atoms with van der Waals surface area (Å²) in [7, 11) is 0. The van der Waals surface area contributed by atoms with Crippen LogP contribution in [0.15, 0.2) is 65.4 Å². The third kappa shape index (κ3) is 5.77. The molecule has 1 aromatic carbocycles. The first-order chi connectivity index (χ1) is 13.1. The molecule has 2 heterocycles. The zero-order valence-corrected chi connectivity index (χ0v) is 16.3. The van der Waals surface area contributed by atoms with Crippen molar-refractivity contribution in [1.29, 1.82) is 0 Å². The highest BCUT2D eigenvalue weighted by atomic mass is 32.1. The average Bonchev–Trinajstić information content (AvgIpc) is 3.34. The summed E-state index contributed by atoms with van der Waals surface area (Å²) >= 11 is 3.12. The molecule has 6 heteroatoms. The Hall–Kier alpha value is -2.96. The van der Waals surface area contributed by atoms with Crippen LogP contribution in [0.4, 0.5) is 11.4 Å². The van der Waals surface area contributed by atoms with E-state index in [2.05, 4.69) is 10.6 Å². The van der Waals surface area contributed by atoms with E-state index in [-0.39, 0.29) is 11.8 Å². The fraction of sp³-hybridized carbons (Fsp3) is 0.0476. The molecule has 0 aliphatic carbocycles. The van der Waals surface area contributed by atoms with Crippen LogP contribution in [0, 0.1) is 6.92 Å². The zero-order chi connectivity index (χ0) is 19.1. The van der Waals surface area contributed by atoms with Crippen LogP contribution in [-0.4, -0.2) is 11.8 Å². The van der Waals surface area contributed by atoms with E-state index in [1.165, 1.54) is 12.2 Å². The lowest BCUT2D eigenvalue weighted by Crippen LogP contribution is -2.13. The van der Waals surface area contributed by atoms with Crippen molar-refractivity contribution in [3.63, 3.8) is 0 Å². The number of rotatable bonds is 6. The predicted octanol–water partition coefficient (Wildman–Crippen LogP) is 5.42. The molecule has 0 fully saturated rings. The van der Waals surface area contributed by atoms with E-state index in [9.17, 15) is 9.59 Å². The Morgan fingerprint density at radius 1 is 0.815 bits per heavy atom. The molecule has 2 aromatic heterocycles. The number of nitrogens with one attached hydrogen (secondary N) is 2. The highest BCUT2D eigenvalue weighted by molar-refractivity contribution is 7.11. The standard InChI is InChI=1S/C21H18N2O2S2/c1-15-6-9-18(22-20(24)10-7-16-4-2-12-26-16)19(14-15)23-21(25)11-8-17-5-3-13-27-17/h2-14H,1H3,(H,22,24)(H,23,25)/b10-7-,11-8-. The number of benzene rings is 1. The lowest BCUT2D eigenvalue weighted by molar-refractivity contribution is -0.112. The van der Waals surface area contributed by atoms with Gasteiger partial charge in [0.05, 0.1) is 11.4 Å². The summed E-state index contributed by atoms with van der Waals surface area (Å²) < 4.78 is 0. The molecule has 0 atom stereocenters. The maximum Gasteiger partial charge on any atom is 0.248 e. The Bertz CT molecular complexity index is 972. The van der Waals surface area contributed by atoms with Crippen LogP contribution >= 0.6 is 22.7 Å². The van der Waals surface area contributed by atoms with E-state index in [1.807, 2.05) is 54.1 Å². The van der Waals surface area contributed by atoms with Gasteiger partial charge in [-0.05, 0) is 59.7 Å². The van der Waals surface area contributed by atoms with Crippen LogP contribution in [0.2, 0.25) is 0 Å². The molecule has 0 radical (unpaired) electrons. The second-order valence-corrected chi connectivity index (χ2v) is 7.68. The molecule has 136 valence electrons. The molecule has 4 nitrogen and oxygen atoms in total. The van der Waals surface area contributed by atoms with Gasteiger partial charge in [0, 0.05) is 21.9 Å². The maximum atomic E-state index is 12.2. The lowest BCUT2D eigenvalue weighted by Gasteiger charge is -2.11. The molecule has 27 heavy (non-hydrogen) atoms. The summed E-state index contributed by atoms with van der Waals surface area (Å²) in [6.45, 7) is 1.93. The number of amides is 2. The van der Waals surface area contributed by atoms with Crippen LogP contribution < -0.4 is 10.6 Å². The number of hydrogen-bond donors (Lipinski definition) is 2. The van der Waals surface area contributed by atoms with Crippen LogP contribution in [0.1, 0.15) is 15.3 Å². The quantitative estimate of drug-likeness (QED) is 0.548. The first-order valence-electron chi connectivity index (χ1n) is 8.26. The molecule has 3 aromatic rings. The summed E-state index contributed by atoms with van der Waals surface area (Å²) in [5.41, 5.74) is 2.10. The second kappa shape index (κ2) is 9.12. The fourth-order valence-corrected chi connectivity index (χ4v) is 3.54. The van der Waals surface area contributed by atoms with Gasteiger partial charge >= 0.3 is 0 Å². The fourth-order valence-electron chi connectivity index (χ4n) is 2.31. The van der Waals surface area contributed by atoms with Crippen molar-refractivity contribution in [3.8, 4) is 0 Å². The highest BCUT2D eigenvalue weighted by Crippen LogP contribution is 2.23. The zero-order valence-electron chi connectivity index (χ0n) is 14.6. The van der Waals surface area contributed by atoms with Crippen molar-refractivity contribution in [3.05, 3.63) is 80.7 Å². The first kappa shape index (κ1) is 18.8. The Morgan fingerprint density at radius 2 is 1.37 bits per heavy atom. The second-order valence-electron chi connectivity index (χ2n) is 5.73. The molecule has 2 amide bonds. The molecular weight excluding hydrogens is 376 g/mol. The monoisotopic (exact) mass is 394 g/mol. The lowest BCUT2D eigenvalue weighted by atomic mass is 10.2. The maximum absolute atomic E-state index is 12.2. The van der Waals surface area contributed by atoms with Crippen molar-refractivity contribution in [2.75, 3.05) is 10.6 Å². The molecule has 0 bridgehead atoms. The summed E-state index contributed by atoms with van der Waals surface area (Å²) in [6, 6.07) is 13.2. The summed E-state index contributed by atoms with van der Waals surface area (Å²) in [5.74, 6) is -0.504. The number of thiophene rings is 2. The molecule has 3 rings (SSSR count). The van der Waals surface area contributed by atoms with Gasteiger partial charge in [0.15, 0.2) is 0 Å². The number of anilines is 2. The average molecular weight is 395 g/mol. The predicted molar refractivity (Wildman–Crippen MR) is 115 cm³/mol. The van der Waals surface area contributed by atoms with E-state index < -0.39 is 0 Å². The molecule has 0 aliphatic rings. The summed E-state index contributed by atoms with van der Waals surface area (Å²) in [4.78, 5) is 26.4. The van der Waals surface area contributed by atoms with Crippen LogP contribution in [0.25, 0.3) is 12.2 Å². The Balaban J connectivity index is 1.69. The first-order valence-corrected chi connectivity index (χ1v) is 10.0. The van der Waals surface area contributed by atoms with Gasteiger partial charge < -0.3 is 10.6 Å². The van der Waals surface area contributed by atoms with Crippen molar-refractivity contribution in [2.24, 2.45) is 0 Å². The normalized spacial score (nSPS) is 11.1. The molecule has 0 saturated carbocycles. The minimum atomic E-state index is -0.253. The van der Waals surface area contributed by atoms with E-state index >= 15 is 0 Å². The van der Waals surface area contributed by atoms with Gasteiger partial charge in [-0.15, -0.1) is 22.7 Å². The van der Waals surface area contributed by atoms with Crippen LogP contribution in [0.5, 0.6) is 0 Å². The van der Waals surface area contributed by atoms with Gasteiger partial charge in [-0.2, -0.15) is 0 Å². The number of hydrogen-bond acceptors (Lipinski definition) is 4. The van der Waals surface area contributed by atoms with Crippen molar-refractivity contribution < 1.29 is 9.59 Å². The minimum absolute atomic E-state index is 0.251. The van der Waals surface area contributed by atoms with Crippen molar-refractivity contribution in [2.45, 2.75) is 6.92 Å². The largest absolute Gasteiger partial charge is 0.321 e. The molecule has 2 N–H and O–H groups in total. The van der Waals surface area contributed by atoms with E-state index in [4.69, 9.17) is 0 Å². The Morgan fingerprint density at radius 3 is 1.89 bits per heavy atom. The van der Waals surface area contributed by atoms with Crippen LogP contribution in [0.3, 0.4) is 0 Å². The van der Waals surface area contributed by atoms with E-state index in [0.29, 0.717) is 11.4 Å². The third-order valence-electron chi connectivity index (χ3n) is 3.58. The molecule has 0 aliphatic heterocycles. The van der Waals surface area contributed by atoms with E-state index in [0.717, 1.165) is 15.3 Å². The van der Waals surface area contributed by atoms with Crippen LogP contribution in [-0.2, 0) is 9.59 Å². The SMILES string of the molecule is Cc1ccc(NC(=O)/C=C\c2cccs2)c(NC(=O)/C=C\c2cccs2)c1. The minimum Gasteiger partial charge on any atom is -0.321 e. The van der Waals surface area contributed by atoms with Gasteiger partial charge in [0.2, 0.25) is 11.8 Å². The molecular formula is C21H18N2O2S2. The van der Waals surface area contributed by atoms with Gasteiger partial charge in [0.1, 0.15) is 0 Å². The van der Waals surface area contributed by atoms with Gasteiger partial charge in [-0.1, -0.05) is 18.2 Å². The highest BCUT2D eigenvalue weighted by Gasteiger charge is 2.08. The van der Waals surface area contributed by atoms with E-state index in [1.54, 1.807) is 40.9 Å². The number of carbonyl (C=O) groups excluding carboxylic acids is 2. The number of aryl methyl sites for hydroxylation is 1. The summed E-state index contributed by atoms with van der Waals surface area (Å²) in [6.07, 6.45) is 6.48. The van der Waals surface area contributed by atoms with Gasteiger partial charge in [-0.25, -0.2) is 0 Å². The Kier molecular flexibility index (Phi) is 6.35. The molecule has 0 unspecified atom stereocenters. The molecule has 0 saturated heterocycles. The van der Waals surface area contributed by atoms with Gasteiger partial charge in [0.25, 0.3) is 0 Å². The van der Waals surface area contributed by atoms with Crippen molar-refractivity contribution >= 4 is 58.0 Å². The molecule has 0 spiro atoms. The van der Waals surface area contributed by atoms with Crippen molar-refractivity contribution in [1.82, 2.24) is 0 Å². The Labute approximate surface area is 165 Å². The number of carbonyl (C=O) groups is 2.